The van der Waals surface area contributed by atoms with Gasteiger partial charge >= 0.3 is 5.97 Å². The van der Waals surface area contributed by atoms with Crippen molar-refractivity contribution in [2.24, 2.45) is 0 Å². The number of hydrogen-bond donors (Lipinski definition) is 1. The predicted molar refractivity (Wildman–Crippen MR) is 106 cm³/mol. The van der Waals surface area contributed by atoms with Gasteiger partial charge in [0, 0.05) is 18.8 Å². The van der Waals surface area contributed by atoms with Crippen molar-refractivity contribution in [3.8, 4) is 6.07 Å². The largest absolute Gasteiger partial charge is 0.463 e. The molecule has 1 atom stereocenters. The van der Waals surface area contributed by atoms with E-state index in [4.69, 9.17) is 9.84 Å². The van der Waals surface area contributed by atoms with Gasteiger partial charge in [-0.05, 0) is 32.3 Å². The van der Waals surface area contributed by atoms with Crippen LogP contribution in [0, 0.1) is 11.3 Å². The maximum atomic E-state index is 12.8. The predicted octanol–water partition coefficient (Wildman–Crippen LogP) is 3.21. The zero-order valence-electron chi connectivity index (χ0n) is 16.1. The summed E-state index contributed by atoms with van der Waals surface area (Å²) in [6.45, 7) is 5.71. The second-order valence-corrected chi connectivity index (χ2v) is 7.00. The molecule has 0 spiro atoms. The van der Waals surface area contributed by atoms with Gasteiger partial charge in [0.1, 0.15) is 23.5 Å². The Morgan fingerprint density at radius 1 is 1.32 bits per heavy atom. The number of nitriles is 1. The second-order valence-electron chi connectivity index (χ2n) is 7.00. The molecule has 1 aromatic heterocycles. The number of nitrogens with one attached hydrogen (secondary N) is 1. The lowest BCUT2D eigenvalue weighted by Gasteiger charge is -2.29. The van der Waals surface area contributed by atoms with Crippen LogP contribution in [0.1, 0.15) is 43.9 Å². The van der Waals surface area contributed by atoms with E-state index in [9.17, 15) is 10.1 Å². The summed E-state index contributed by atoms with van der Waals surface area (Å²) in [5.41, 5.74) is 2.64. The minimum atomic E-state index is -0.444. The summed E-state index contributed by atoms with van der Waals surface area (Å²) >= 11 is 0. The third-order valence-electron chi connectivity index (χ3n) is 5.25. The van der Waals surface area contributed by atoms with E-state index in [-0.39, 0.29) is 5.97 Å². The van der Waals surface area contributed by atoms with Gasteiger partial charge < -0.3 is 15.0 Å². The highest BCUT2D eigenvalue weighted by molar-refractivity contribution is 5.93. The normalized spacial score (nSPS) is 18.5. The first-order valence-electron chi connectivity index (χ1n) is 9.63. The van der Waals surface area contributed by atoms with E-state index in [0.717, 1.165) is 31.5 Å². The molecule has 1 aromatic carbocycles. The zero-order chi connectivity index (χ0) is 19.7. The fourth-order valence-corrected chi connectivity index (χ4v) is 3.97. The summed E-state index contributed by atoms with van der Waals surface area (Å²) in [4.78, 5) is 14.9. The SMILES string of the molecule is CCOC(=O)C1=C(C)Nc2c(C#N)c(N3CCCC3)nn2[C@@H]1c1ccccc1. The van der Waals surface area contributed by atoms with Crippen molar-refractivity contribution in [1.29, 1.82) is 5.26 Å². The van der Waals surface area contributed by atoms with Crippen LogP contribution in [0.4, 0.5) is 11.6 Å². The van der Waals surface area contributed by atoms with Gasteiger partial charge in [0.25, 0.3) is 0 Å². The van der Waals surface area contributed by atoms with Crippen LogP contribution < -0.4 is 10.2 Å². The molecule has 0 saturated carbocycles. The first-order valence-corrected chi connectivity index (χ1v) is 9.63. The second kappa shape index (κ2) is 7.39. The number of fused-ring (bicyclic) bond motifs is 1. The molecule has 28 heavy (non-hydrogen) atoms. The van der Waals surface area contributed by atoms with E-state index < -0.39 is 6.04 Å². The monoisotopic (exact) mass is 377 g/mol. The molecule has 2 aliphatic rings. The Kier molecular flexibility index (Phi) is 4.78. The molecule has 0 unspecified atom stereocenters. The van der Waals surface area contributed by atoms with Crippen LogP contribution in [-0.2, 0) is 9.53 Å². The third kappa shape index (κ3) is 2.91. The van der Waals surface area contributed by atoms with Crippen LogP contribution in [0.5, 0.6) is 0 Å². The van der Waals surface area contributed by atoms with Crippen molar-refractivity contribution in [2.45, 2.75) is 32.7 Å². The Bertz CT molecular complexity index is 965. The van der Waals surface area contributed by atoms with Gasteiger partial charge in [0.15, 0.2) is 5.82 Å². The lowest BCUT2D eigenvalue weighted by molar-refractivity contribution is -0.139. The quantitative estimate of drug-likeness (QED) is 0.824. The molecule has 1 N–H and O–H groups in total. The molecule has 7 nitrogen and oxygen atoms in total. The number of nitrogens with zero attached hydrogens (tertiary/aromatic N) is 4. The number of hydrogen-bond acceptors (Lipinski definition) is 6. The van der Waals surface area contributed by atoms with Crippen molar-refractivity contribution in [2.75, 3.05) is 29.9 Å². The van der Waals surface area contributed by atoms with Crippen LogP contribution in [0.15, 0.2) is 41.6 Å². The van der Waals surface area contributed by atoms with Crippen LogP contribution in [0.25, 0.3) is 0 Å². The molecule has 2 aromatic rings. The lowest BCUT2D eigenvalue weighted by atomic mass is 9.95. The van der Waals surface area contributed by atoms with E-state index >= 15 is 0 Å². The molecule has 144 valence electrons. The van der Waals surface area contributed by atoms with Crippen molar-refractivity contribution < 1.29 is 9.53 Å². The number of aromatic nitrogens is 2. The van der Waals surface area contributed by atoms with Crippen molar-refractivity contribution in [1.82, 2.24) is 9.78 Å². The van der Waals surface area contributed by atoms with Crippen LogP contribution in [0.3, 0.4) is 0 Å². The summed E-state index contributed by atoms with van der Waals surface area (Å²) in [6, 6.07) is 11.6. The Morgan fingerprint density at radius 3 is 2.68 bits per heavy atom. The highest BCUT2D eigenvalue weighted by Gasteiger charge is 2.37. The minimum absolute atomic E-state index is 0.297. The van der Waals surface area contributed by atoms with Gasteiger partial charge in [0.2, 0.25) is 0 Å². The summed E-state index contributed by atoms with van der Waals surface area (Å²) < 4.78 is 7.09. The Morgan fingerprint density at radius 2 is 2.04 bits per heavy atom. The van der Waals surface area contributed by atoms with Gasteiger partial charge in [-0.3, -0.25) is 0 Å². The summed E-state index contributed by atoms with van der Waals surface area (Å²) in [5, 5.41) is 17.9. The minimum Gasteiger partial charge on any atom is -0.463 e. The fraction of sp³-hybridized carbons (Fsp3) is 0.381. The molecule has 1 fully saturated rings. The number of esters is 1. The van der Waals surface area contributed by atoms with Gasteiger partial charge in [-0.25, -0.2) is 9.48 Å². The molecule has 2 aliphatic heterocycles. The van der Waals surface area contributed by atoms with Gasteiger partial charge in [-0.2, -0.15) is 10.4 Å². The average molecular weight is 377 g/mol. The highest BCUT2D eigenvalue weighted by atomic mass is 16.5. The Balaban J connectivity index is 1.90. The van der Waals surface area contributed by atoms with E-state index in [2.05, 4.69) is 16.3 Å². The molecule has 3 heterocycles. The van der Waals surface area contributed by atoms with Gasteiger partial charge in [-0.1, -0.05) is 30.3 Å². The smallest absolute Gasteiger partial charge is 0.338 e. The van der Waals surface area contributed by atoms with E-state index in [0.29, 0.717) is 35.1 Å². The maximum absolute atomic E-state index is 12.8. The van der Waals surface area contributed by atoms with Crippen molar-refractivity contribution >= 4 is 17.6 Å². The van der Waals surface area contributed by atoms with Gasteiger partial charge in [0.05, 0.1) is 12.2 Å². The molecule has 1 saturated heterocycles. The maximum Gasteiger partial charge on any atom is 0.338 e. The van der Waals surface area contributed by atoms with E-state index in [1.165, 1.54) is 0 Å². The molecular formula is C21H23N5O2. The molecule has 0 amide bonds. The lowest BCUT2D eigenvalue weighted by Crippen LogP contribution is -2.29. The Hall–Kier alpha value is -3.27. The van der Waals surface area contributed by atoms with E-state index in [1.54, 1.807) is 11.6 Å². The van der Waals surface area contributed by atoms with E-state index in [1.807, 2.05) is 37.3 Å². The number of carbonyl (C=O) groups is 1. The third-order valence-corrected chi connectivity index (χ3v) is 5.25. The standard InChI is InChI=1S/C21H23N5O2/c1-3-28-21(27)17-14(2)23-19-16(13-22)20(25-11-7-8-12-25)24-26(19)18(17)15-9-5-4-6-10-15/h4-6,9-10,18,23H,3,7-8,11-12H2,1-2H3/t18-/m1/s1. The molecule has 7 heteroatoms. The number of carbonyl (C=O) groups excluding carboxylic acids is 1. The van der Waals surface area contributed by atoms with Crippen LogP contribution in [-0.4, -0.2) is 35.4 Å². The summed E-state index contributed by atoms with van der Waals surface area (Å²) in [5.74, 6) is 0.939. The van der Waals surface area contributed by atoms with Crippen molar-refractivity contribution in [3.63, 3.8) is 0 Å². The number of ether oxygens (including phenoxy) is 1. The topological polar surface area (TPSA) is 83.2 Å². The van der Waals surface area contributed by atoms with Crippen molar-refractivity contribution in [3.05, 3.63) is 52.7 Å². The van der Waals surface area contributed by atoms with Gasteiger partial charge in [-0.15, -0.1) is 0 Å². The van der Waals surface area contributed by atoms with Crippen LogP contribution in [0.2, 0.25) is 0 Å². The zero-order valence-corrected chi connectivity index (χ0v) is 16.1. The summed E-state index contributed by atoms with van der Waals surface area (Å²) in [6.07, 6.45) is 2.18. The van der Waals surface area contributed by atoms with Crippen LogP contribution >= 0.6 is 0 Å². The molecule has 0 radical (unpaired) electrons. The fourth-order valence-electron chi connectivity index (χ4n) is 3.97. The number of anilines is 2. The number of rotatable bonds is 4. The highest BCUT2D eigenvalue weighted by Crippen LogP contribution is 2.41. The summed E-state index contributed by atoms with van der Waals surface area (Å²) in [7, 11) is 0. The molecule has 0 aliphatic carbocycles. The number of benzene rings is 1. The average Bonchev–Trinajstić information content (AvgIpc) is 3.35. The number of allylic oxidation sites excluding steroid dienone is 1. The Labute approximate surface area is 164 Å². The molecular weight excluding hydrogens is 354 g/mol. The molecule has 4 rings (SSSR count). The first kappa shape index (κ1) is 18.1. The molecule has 0 bridgehead atoms. The first-order chi connectivity index (χ1) is 13.7.